The summed E-state index contributed by atoms with van der Waals surface area (Å²) in [6.45, 7) is 2.46. The molecule has 1 aromatic rings. The van der Waals surface area contributed by atoms with Crippen LogP contribution in [0.1, 0.15) is 43.1 Å². The molecule has 0 saturated heterocycles. The van der Waals surface area contributed by atoms with Crippen molar-refractivity contribution >= 4 is 5.91 Å². The molecule has 2 unspecified atom stereocenters. The van der Waals surface area contributed by atoms with Crippen molar-refractivity contribution in [3.8, 4) is 0 Å². The third kappa shape index (κ3) is 3.10. The Balaban J connectivity index is 1.89. The zero-order valence-corrected chi connectivity index (χ0v) is 11.0. The first-order valence-corrected chi connectivity index (χ1v) is 6.47. The van der Waals surface area contributed by atoms with Crippen molar-refractivity contribution in [2.24, 2.45) is 13.0 Å². The molecule has 1 aromatic heterocycles. The summed E-state index contributed by atoms with van der Waals surface area (Å²) in [6, 6.07) is 0. The molecule has 1 heterocycles. The van der Waals surface area contributed by atoms with E-state index in [9.17, 15) is 9.90 Å². The van der Waals surface area contributed by atoms with Gasteiger partial charge in [0.1, 0.15) is 5.69 Å². The fourth-order valence-electron chi connectivity index (χ4n) is 2.66. The lowest BCUT2D eigenvalue weighted by Gasteiger charge is -2.35. The average Bonchev–Trinajstić information content (AvgIpc) is 2.73. The second-order valence-corrected chi connectivity index (χ2v) is 5.53. The Bertz CT molecular complexity index is 430. The molecule has 0 aromatic carbocycles. The summed E-state index contributed by atoms with van der Waals surface area (Å²) in [5.41, 5.74) is -0.354. The van der Waals surface area contributed by atoms with E-state index in [1.165, 1.54) is 0 Å². The number of hydrogen-bond acceptors (Lipinski definition) is 3. The van der Waals surface area contributed by atoms with Crippen LogP contribution in [0.2, 0.25) is 0 Å². The minimum absolute atomic E-state index is 0.220. The number of aryl methyl sites for hydroxylation is 1. The van der Waals surface area contributed by atoms with Crippen molar-refractivity contribution in [1.29, 1.82) is 0 Å². The van der Waals surface area contributed by atoms with Crippen molar-refractivity contribution in [3.05, 3.63) is 18.2 Å². The molecule has 2 atom stereocenters. The highest BCUT2D eigenvalue weighted by atomic mass is 16.3. The van der Waals surface area contributed by atoms with Crippen LogP contribution in [0.15, 0.2) is 12.5 Å². The molecule has 1 amide bonds. The van der Waals surface area contributed by atoms with Gasteiger partial charge in [-0.2, -0.15) is 0 Å². The molecular formula is C13H21N3O2. The highest BCUT2D eigenvalue weighted by molar-refractivity contribution is 5.92. The van der Waals surface area contributed by atoms with Gasteiger partial charge in [0.05, 0.1) is 11.9 Å². The van der Waals surface area contributed by atoms with Crippen LogP contribution in [0.3, 0.4) is 0 Å². The predicted molar refractivity (Wildman–Crippen MR) is 68.1 cm³/mol. The molecule has 1 fully saturated rings. The first kappa shape index (κ1) is 13.1. The molecule has 18 heavy (non-hydrogen) atoms. The number of carbonyl (C=O) groups excluding carboxylic acids is 1. The predicted octanol–water partition coefficient (Wildman–Crippen LogP) is 1.09. The summed E-state index contributed by atoms with van der Waals surface area (Å²) >= 11 is 0. The third-order valence-corrected chi connectivity index (χ3v) is 3.58. The molecule has 0 spiro atoms. The molecule has 2 N–H and O–H groups in total. The van der Waals surface area contributed by atoms with E-state index in [0.717, 1.165) is 25.7 Å². The maximum absolute atomic E-state index is 11.8. The van der Waals surface area contributed by atoms with Crippen molar-refractivity contribution in [2.75, 3.05) is 6.54 Å². The highest BCUT2D eigenvalue weighted by Crippen LogP contribution is 2.31. The SMILES string of the molecule is CC1CCCC(O)(CNC(=O)c2cn(C)cn2)C1. The fraction of sp³-hybridized carbons (Fsp3) is 0.692. The Labute approximate surface area is 107 Å². The molecule has 5 nitrogen and oxygen atoms in total. The Morgan fingerprint density at radius 3 is 3.11 bits per heavy atom. The van der Waals surface area contributed by atoms with E-state index < -0.39 is 5.60 Å². The molecule has 1 aliphatic carbocycles. The van der Waals surface area contributed by atoms with Gasteiger partial charge in [-0.05, 0) is 18.8 Å². The van der Waals surface area contributed by atoms with Crippen LogP contribution < -0.4 is 5.32 Å². The number of carbonyl (C=O) groups is 1. The van der Waals surface area contributed by atoms with Gasteiger partial charge in [0.25, 0.3) is 5.91 Å². The van der Waals surface area contributed by atoms with Gasteiger partial charge in [0.15, 0.2) is 0 Å². The van der Waals surface area contributed by atoms with E-state index >= 15 is 0 Å². The lowest BCUT2D eigenvalue weighted by Crippen LogP contribution is -2.45. The van der Waals surface area contributed by atoms with Crippen molar-refractivity contribution in [3.63, 3.8) is 0 Å². The molecule has 0 radical (unpaired) electrons. The standard InChI is InChI=1S/C13H21N3O2/c1-10-4-3-5-13(18,6-10)8-14-12(17)11-7-16(2)9-15-11/h7,9-10,18H,3-6,8H2,1-2H3,(H,14,17). The number of imidazole rings is 1. The van der Waals surface area contributed by atoms with Crippen molar-refractivity contribution in [1.82, 2.24) is 14.9 Å². The Morgan fingerprint density at radius 1 is 1.72 bits per heavy atom. The van der Waals surface area contributed by atoms with Gasteiger partial charge < -0.3 is 15.0 Å². The quantitative estimate of drug-likeness (QED) is 0.845. The molecule has 1 aliphatic rings. The summed E-state index contributed by atoms with van der Waals surface area (Å²) in [5.74, 6) is 0.303. The summed E-state index contributed by atoms with van der Waals surface area (Å²) in [7, 11) is 1.82. The van der Waals surface area contributed by atoms with Gasteiger partial charge in [-0.25, -0.2) is 4.98 Å². The average molecular weight is 251 g/mol. The minimum atomic E-state index is -0.748. The number of aromatic nitrogens is 2. The van der Waals surface area contributed by atoms with Crippen LogP contribution in [0.4, 0.5) is 0 Å². The number of aliphatic hydroxyl groups is 1. The number of nitrogens with one attached hydrogen (secondary N) is 1. The van der Waals surface area contributed by atoms with Crippen LogP contribution in [-0.2, 0) is 7.05 Å². The van der Waals surface area contributed by atoms with Gasteiger partial charge in [-0.15, -0.1) is 0 Å². The summed E-state index contributed by atoms with van der Waals surface area (Å²) in [6.07, 6.45) is 6.97. The van der Waals surface area contributed by atoms with Gasteiger partial charge in [0, 0.05) is 19.8 Å². The number of amides is 1. The topological polar surface area (TPSA) is 67.2 Å². The van der Waals surface area contributed by atoms with E-state index in [1.807, 2.05) is 7.05 Å². The summed E-state index contributed by atoms with van der Waals surface area (Å²) in [5, 5.41) is 13.2. The monoisotopic (exact) mass is 251 g/mol. The van der Waals surface area contributed by atoms with Crippen LogP contribution in [-0.4, -0.2) is 32.7 Å². The van der Waals surface area contributed by atoms with Gasteiger partial charge >= 0.3 is 0 Å². The summed E-state index contributed by atoms with van der Waals surface area (Å²) < 4.78 is 1.73. The second kappa shape index (κ2) is 5.10. The first-order valence-electron chi connectivity index (χ1n) is 6.47. The Morgan fingerprint density at radius 2 is 2.50 bits per heavy atom. The summed E-state index contributed by atoms with van der Waals surface area (Å²) in [4.78, 5) is 15.8. The molecule has 5 heteroatoms. The lowest BCUT2D eigenvalue weighted by atomic mass is 9.79. The van der Waals surface area contributed by atoms with Gasteiger partial charge in [0.2, 0.25) is 0 Å². The van der Waals surface area contributed by atoms with Crippen LogP contribution >= 0.6 is 0 Å². The number of nitrogens with zero attached hydrogens (tertiary/aromatic N) is 2. The van der Waals surface area contributed by atoms with Gasteiger partial charge in [-0.3, -0.25) is 4.79 Å². The zero-order valence-electron chi connectivity index (χ0n) is 11.0. The zero-order chi connectivity index (χ0) is 13.2. The molecule has 100 valence electrons. The molecule has 0 bridgehead atoms. The highest BCUT2D eigenvalue weighted by Gasteiger charge is 2.33. The Hall–Kier alpha value is -1.36. The molecular weight excluding hydrogens is 230 g/mol. The maximum Gasteiger partial charge on any atom is 0.271 e. The van der Waals surface area contributed by atoms with Crippen LogP contribution in [0.25, 0.3) is 0 Å². The van der Waals surface area contributed by atoms with E-state index in [2.05, 4.69) is 17.2 Å². The van der Waals surface area contributed by atoms with Gasteiger partial charge in [-0.1, -0.05) is 19.8 Å². The van der Waals surface area contributed by atoms with Crippen molar-refractivity contribution in [2.45, 2.75) is 38.2 Å². The van der Waals surface area contributed by atoms with E-state index in [0.29, 0.717) is 18.2 Å². The van der Waals surface area contributed by atoms with E-state index in [4.69, 9.17) is 0 Å². The molecule has 2 rings (SSSR count). The van der Waals surface area contributed by atoms with Crippen LogP contribution in [0, 0.1) is 5.92 Å². The minimum Gasteiger partial charge on any atom is -0.388 e. The van der Waals surface area contributed by atoms with E-state index in [1.54, 1.807) is 17.1 Å². The normalized spacial score (nSPS) is 28.1. The molecule has 0 aliphatic heterocycles. The van der Waals surface area contributed by atoms with E-state index in [-0.39, 0.29) is 5.91 Å². The van der Waals surface area contributed by atoms with Crippen molar-refractivity contribution < 1.29 is 9.90 Å². The number of rotatable bonds is 3. The van der Waals surface area contributed by atoms with Crippen LogP contribution in [0.5, 0.6) is 0 Å². The smallest absolute Gasteiger partial charge is 0.271 e. The molecule has 1 saturated carbocycles. The second-order valence-electron chi connectivity index (χ2n) is 5.53. The maximum atomic E-state index is 11.8. The first-order chi connectivity index (χ1) is 8.48. The third-order valence-electron chi connectivity index (χ3n) is 3.58. The largest absolute Gasteiger partial charge is 0.388 e. The fourth-order valence-corrected chi connectivity index (χ4v) is 2.66. The number of hydrogen-bond donors (Lipinski definition) is 2. The Kier molecular flexibility index (Phi) is 3.71. The lowest BCUT2D eigenvalue weighted by molar-refractivity contribution is -0.0109.